The standard InChI is InChI=1S/C10H14N2O4S2/c13-17(14,9-4-2-1-3-5-9)12-18(15,16)10-6-7-11-8-10/h1-5,10-12H,6-8H2. The Hall–Kier alpha value is -0.960. The molecular formula is C10H14N2O4S2. The van der Waals surface area contributed by atoms with E-state index in [0.717, 1.165) is 0 Å². The number of nitrogens with one attached hydrogen (secondary N) is 2. The molecule has 2 rings (SSSR count). The first-order valence-corrected chi connectivity index (χ1v) is 8.48. The van der Waals surface area contributed by atoms with Crippen LogP contribution in [0.1, 0.15) is 6.42 Å². The van der Waals surface area contributed by atoms with Crippen LogP contribution in [0.25, 0.3) is 0 Å². The smallest absolute Gasteiger partial charge is 0.253 e. The Bertz CT molecular complexity index is 605. The Kier molecular flexibility index (Phi) is 3.71. The lowest BCUT2D eigenvalue weighted by atomic mass is 10.4. The average molecular weight is 290 g/mol. The van der Waals surface area contributed by atoms with E-state index >= 15 is 0 Å². The molecule has 2 N–H and O–H groups in total. The highest BCUT2D eigenvalue weighted by molar-refractivity contribution is 8.05. The highest BCUT2D eigenvalue weighted by Crippen LogP contribution is 2.13. The summed E-state index contributed by atoms with van der Waals surface area (Å²) < 4.78 is 49.4. The van der Waals surface area contributed by atoms with Gasteiger partial charge < -0.3 is 5.32 Å². The first kappa shape index (κ1) is 13.5. The molecule has 1 unspecified atom stereocenters. The van der Waals surface area contributed by atoms with E-state index < -0.39 is 25.3 Å². The fourth-order valence-electron chi connectivity index (χ4n) is 1.76. The van der Waals surface area contributed by atoms with Gasteiger partial charge in [0.1, 0.15) is 0 Å². The molecule has 18 heavy (non-hydrogen) atoms. The van der Waals surface area contributed by atoms with Gasteiger partial charge in [0.05, 0.1) is 10.1 Å². The van der Waals surface area contributed by atoms with Gasteiger partial charge in [-0.1, -0.05) is 18.2 Å². The van der Waals surface area contributed by atoms with Gasteiger partial charge in [0.15, 0.2) is 0 Å². The molecule has 1 aliphatic heterocycles. The molecule has 0 spiro atoms. The van der Waals surface area contributed by atoms with E-state index in [1.807, 2.05) is 0 Å². The fraction of sp³-hybridized carbons (Fsp3) is 0.400. The van der Waals surface area contributed by atoms with Gasteiger partial charge in [-0.2, -0.15) is 0 Å². The summed E-state index contributed by atoms with van der Waals surface area (Å²) in [6, 6.07) is 7.44. The summed E-state index contributed by atoms with van der Waals surface area (Å²) in [6.45, 7) is 0.858. The van der Waals surface area contributed by atoms with Crippen molar-refractivity contribution in [1.29, 1.82) is 0 Å². The molecule has 0 radical (unpaired) electrons. The van der Waals surface area contributed by atoms with Crippen LogP contribution in [-0.4, -0.2) is 35.2 Å². The van der Waals surface area contributed by atoms with Crippen LogP contribution in [0.15, 0.2) is 35.2 Å². The normalized spacial score (nSPS) is 21.0. The molecule has 1 heterocycles. The Morgan fingerprint density at radius 3 is 2.33 bits per heavy atom. The number of rotatable bonds is 4. The van der Waals surface area contributed by atoms with E-state index in [1.54, 1.807) is 10.2 Å². The third-order valence-electron chi connectivity index (χ3n) is 2.73. The second kappa shape index (κ2) is 4.96. The molecule has 1 aromatic carbocycles. The lowest BCUT2D eigenvalue weighted by Gasteiger charge is -2.12. The quantitative estimate of drug-likeness (QED) is 0.791. The van der Waals surface area contributed by atoms with Crippen LogP contribution >= 0.6 is 0 Å². The summed E-state index contributed by atoms with van der Waals surface area (Å²) in [4.78, 5) is -0.0560. The maximum absolute atomic E-state index is 11.9. The third kappa shape index (κ3) is 2.89. The average Bonchev–Trinajstić information content (AvgIpc) is 2.83. The van der Waals surface area contributed by atoms with E-state index in [-0.39, 0.29) is 11.4 Å². The lowest BCUT2D eigenvalue weighted by molar-refractivity contribution is 0.568. The number of benzene rings is 1. The second-order valence-electron chi connectivity index (χ2n) is 4.06. The molecule has 100 valence electrons. The van der Waals surface area contributed by atoms with Crippen LogP contribution in [0.5, 0.6) is 0 Å². The Balaban J connectivity index is 2.23. The summed E-state index contributed by atoms with van der Waals surface area (Å²) in [5, 5.41) is 2.19. The van der Waals surface area contributed by atoms with Crippen molar-refractivity contribution >= 4 is 20.0 Å². The molecule has 0 aliphatic carbocycles. The monoisotopic (exact) mass is 290 g/mol. The lowest BCUT2D eigenvalue weighted by Crippen LogP contribution is -2.39. The molecule has 8 heteroatoms. The van der Waals surface area contributed by atoms with Crippen molar-refractivity contribution < 1.29 is 16.8 Å². The van der Waals surface area contributed by atoms with Crippen molar-refractivity contribution in [3.63, 3.8) is 0 Å². The fourth-order valence-corrected chi connectivity index (χ4v) is 5.20. The van der Waals surface area contributed by atoms with Crippen LogP contribution in [0, 0.1) is 0 Å². The molecule has 0 saturated carbocycles. The van der Waals surface area contributed by atoms with E-state index in [4.69, 9.17) is 0 Å². The molecule has 0 amide bonds. The van der Waals surface area contributed by atoms with E-state index in [0.29, 0.717) is 13.0 Å². The molecule has 6 nitrogen and oxygen atoms in total. The van der Waals surface area contributed by atoms with E-state index in [1.165, 1.54) is 24.3 Å². The van der Waals surface area contributed by atoms with Crippen molar-refractivity contribution in [3.8, 4) is 0 Å². The van der Waals surface area contributed by atoms with Crippen LogP contribution in [-0.2, 0) is 20.0 Å². The summed E-state index contributed by atoms with van der Waals surface area (Å²) >= 11 is 0. The predicted molar refractivity (Wildman–Crippen MR) is 67.0 cm³/mol. The number of hydrogen-bond acceptors (Lipinski definition) is 5. The maximum Gasteiger partial charge on any atom is 0.253 e. The zero-order chi connectivity index (χ0) is 13.2. The first-order chi connectivity index (χ1) is 8.42. The number of hydrogen-bond donors (Lipinski definition) is 2. The van der Waals surface area contributed by atoms with Crippen molar-refractivity contribution in [3.05, 3.63) is 30.3 Å². The van der Waals surface area contributed by atoms with Gasteiger partial charge in [-0.05, 0) is 25.1 Å². The van der Waals surface area contributed by atoms with Gasteiger partial charge in [0, 0.05) is 6.54 Å². The van der Waals surface area contributed by atoms with Gasteiger partial charge in [0.25, 0.3) is 10.0 Å². The Morgan fingerprint density at radius 1 is 1.11 bits per heavy atom. The third-order valence-corrected chi connectivity index (χ3v) is 6.71. The Morgan fingerprint density at radius 2 is 1.78 bits per heavy atom. The minimum Gasteiger partial charge on any atom is -0.315 e. The van der Waals surface area contributed by atoms with Crippen molar-refractivity contribution in [2.75, 3.05) is 13.1 Å². The molecule has 0 bridgehead atoms. The minimum absolute atomic E-state index is 0.0560. The summed E-state index contributed by atoms with van der Waals surface area (Å²) in [5.41, 5.74) is 0. The summed E-state index contributed by atoms with van der Waals surface area (Å²) in [7, 11) is -7.89. The molecule has 1 saturated heterocycles. The molecule has 1 aromatic rings. The second-order valence-corrected chi connectivity index (χ2v) is 7.96. The molecule has 1 aliphatic rings. The Labute approximate surface area is 107 Å². The van der Waals surface area contributed by atoms with Crippen LogP contribution in [0.4, 0.5) is 0 Å². The van der Waals surface area contributed by atoms with E-state index in [2.05, 4.69) is 5.32 Å². The first-order valence-electron chi connectivity index (χ1n) is 5.45. The SMILES string of the molecule is O=S(=O)(NS(=O)(=O)C1CCNC1)c1ccccc1. The van der Waals surface area contributed by atoms with Gasteiger partial charge >= 0.3 is 0 Å². The van der Waals surface area contributed by atoms with Crippen LogP contribution < -0.4 is 9.44 Å². The van der Waals surface area contributed by atoms with Crippen LogP contribution in [0.2, 0.25) is 0 Å². The zero-order valence-electron chi connectivity index (χ0n) is 9.53. The minimum atomic E-state index is -4.02. The summed E-state index contributed by atoms with van der Waals surface area (Å²) in [5.74, 6) is 0. The van der Waals surface area contributed by atoms with Crippen LogP contribution in [0.3, 0.4) is 0 Å². The molecule has 1 fully saturated rings. The molecular weight excluding hydrogens is 276 g/mol. The molecule has 0 aromatic heterocycles. The van der Waals surface area contributed by atoms with E-state index in [9.17, 15) is 16.8 Å². The van der Waals surface area contributed by atoms with Gasteiger partial charge in [-0.15, -0.1) is 4.13 Å². The van der Waals surface area contributed by atoms with Crippen molar-refractivity contribution in [2.24, 2.45) is 0 Å². The van der Waals surface area contributed by atoms with Gasteiger partial charge in [-0.25, -0.2) is 16.8 Å². The predicted octanol–water partition coefficient (Wildman–Crippen LogP) is -0.343. The largest absolute Gasteiger partial charge is 0.315 e. The molecule has 1 atom stereocenters. The highest BCUT2D eigenvalue weighted by Gasteiger charge is 2.32. The number of sulfonamides is 2. The highest BCUT2D eigenvalue weighted by atomic mass is 32.3. The van der Waals surface area contributed by atoms with Gasteiger partial charge in [0.2, 0.25) is 10.0 Å². The van der Waals surface area contributed by atoms with Crippen molar-refractivity contribution in [2.45, 2.75) is 16.6 Å². The van der Waals surface area contributed by atoms with Crippen molar-refractivity contribution in [1.82, 2.24) is 9.44 Å². The maximum atomic E-state index is 11.9. The van der Waals surface area contributed by atoms with Gasteiger partial charge in [-0.3, -0.25) is 0 Å². The topological polar surface area (TPSA) is 92.3 Å². The summed E-state index contributed by atoms with van der Waals surface area (Å²) in [6.07, 6.45) is 0.416. The zero-order valence-corrected chi connectivity index (χ0v) is 11.2.